The van der Waals surface area contributed by atoms with Crippen LogP contribution in [0.5, 0.6) is 11.5 Å². The number of aliphatic hydroxyl groups is 1. The fourth-order valence-electron chi connectivity index (χ4n) is 4.00. The van der Waals surface area contributed by atoms with Gasteiger partial charge in [-0.05, 0) is 65.4 Å². The number of aliphatic hydroxyl groups excluding tert-OH is 1. The molecule has 0 aromatic heterocycles. The first-order valence-electron chi connectivity index (χ1n) is 12.6. The van der Waals surface area contributed by atoms with Crippen LogP contribution in [0.3, 0.4) is 0 Å². The third-order valence-electron chi connectivity index (χ3n) is 6.30. The summed E-state index contributed by atoms with van der Waals surface area (Å²) in [5.41, 5.74) is 4.46. The van der Waals surface area contributed by atoms with Crippen LogP contribution in [-0.4, -0.2) is 18.2 Å². The molecule has 4 nitrogen and oxygen atoms in total. The highest BCUT2D eigenvalue weighted by Crippen LogP contribution is 2.23. The Balaban J connectivity index is 1.14. The molecule has 0 saturated heterocycles. The van der Waals surface area contributed by atoms with Crippen LogP contribution in [0.2, 0.25) is 0 Å². The number of ether oxygens (including phenoxy) is 2. The van der Waals surface area contributed by atoms with E-state index in [4.69, 9.17) is 9.47 Å². The van der Waals surface area contributed by atoms with Crippen LogP contribution in [0, 0.1) is 0 Å². The molecular formula is C32H35NO3. The van der Waals surface area contributed by atoms with Gasteiger partial charge in [0.15, 0.2) is 0 Å². The lowest BCUT2D eigenvalue weighted by Gasteiger charge is -2.16. The van der Waals surface area contributed by atoms with Gasteiger partial charge in [0.25, 0.3) is 0 Å². The van der Waals surface area contributed by atoms with Gasteiger partial charge in [-0.2, -0.15) is 0 Å². The zero-order valence-corrected chi connectivity index (χ0v) is 20.8. The van der Waals surface area contributed by atoms with Gasteiger partial charge in [-0.3, -0.25) is 0 Å². The second-order valence-corrected chi connectivity index (χ2v) is 9.10. The summed E-state index contributed by atoms with van der Waals surface area (Å²) in [4.78, 5) is 0. The predicted octanol–water partition coefficient (Wildman–Crippen LogP) is 6.66. The Morgan fingerprint density at radius 3 is 1.61 bits per heavy atom. The molecule has 0 aliphatic rings. The van der Waals surface area contributed by atoms with Crippen LogP contribution in [0.4, 0.5) is 0 Å². The smallest absolute Gasteiger partial charge is 0.119 e. The van der Waals surface area contributed by atoms with Gasteiger partial charge in [0.1, 0.15) is 24.7 Å². The number of hydrogen-bond acceptors (Lipinski definition) is 4. The molecule has 4 aromatic rings. The van der Waals surface area contributed by atoms with Gasteiger partial charge in [0.2, 0.25) is 0 Å². The molecule has 4 heteroatoms. The lowest BCUT2D eigenvalue weighted by Crippen LogP contribution is -2.23. The van der Waals surface area contributed by atoms with E-state index in [1.165, 1.54) is 5.56 Å². The number of hydrogen-bond donors (Lipinski definition) is 2. The van der Waals surface area contributed by atoms with Crippen LogP contribution < -0.4 is 14.8 Å². The maximum atomic E-state index is 10.5. The van der Waals surface area contributed by atoms with Crippen LogP contribution >= 0.6 is 0 Å². The fourth-order valence-corrected chi connectivity index (χ4v) is 4.00. The summed E-state index contributed by atoms with van der Waals surface area (Å²) in [6.45, 7) is 4.69. The summed E-state index contributed by atoms with van der Waals surface area (Å²) in [7, 11) is 0. The third-order valence-corrected chi connectivity index (χ3v) is 6.30. The van der Waals surface area contributed by atoms with Crippen molar-refractivity contribution in [1.82, 2.24) is 5.32 Å². The molecule has 2 atom stereocenters. The van der Waals surface area contributed by atoms with Crippen LogP contribution in [0.1, 0.15) is 47.6 Å². The highest BCUT2D eigenvalue weighted by molar-refractivity contribution is 5.30. The number of nitrogens with one attached hydrogen (secondary N) is 1. The summed E-state index contributed by atoms with van der Waals surface area (Å²) >= 11 is 0. The summed E-state index contributed by atoms with van der Waals surface area (Å²) in [5.74, 6) is 2.10. The van der Waals surface area contributed by atoms with Gasteiger partial charge in [0, 0.05) is 6.54 Å². The van der Waals surface area contributed by atoms with E-state index >= 15 is 0 Å². The topological polar surface area (TPSA) is 50.7 Å². The van der Waals surface area contributed by atoms with Crippen LogP contribution in [-0.2, 0) is 13.2 Å². The summed E-state index contributed by atoms with van der Waals surface area (Å²) in [5, 5.41) is 13.9. The zero-order valence-electron chi connectivity index (χ0n) is 20.8. The minimum Gasteiger partial charge on any atom is -0.489 e. The van der Waals surface area contributed by atoms with Gasteiger partial charge in [-0.1, -0.05) is 91.9 Å². The van der Waals surface area contributed by atoms with E-state index in [0.29, 0.717) is 25.7 Å². The highest BCUT2D eigenvalue weighted by Gasteiger charge is 2.09. The van der Waals surface area contributed by atoms with E-state index < -0.39 is 6.10 Å². The normalized spacial score (nSPS) is 12.6. The maximum Gasteiger partial charge on any atom is 0.119 e. The van der Waals surface area contributed by atoms with Crippen LogP contribution in [0.25, 0.3) is 0 Å². The Morgan fingerprint density at radius 1 is 0.639 bits per heavy atom. The first-order chi connectivity index (χ1) is 17.7. The zero-order chi connectivity index (χ0) is 25.0. The largest absolute Gasteiger partial charge is 0.489 e. The minimum atomic E-state index is -0.551. The molecule has 0 heterocycles. The van der Waals surface area contributed by atoms with E-state index in [2.05, 4.69) is 36.5 Å². The monoisotopic (exact) mass is 481 g/mol. The average Bonchev–Trinajstić information content (AvgIpc) is 2.94. The Morgan fingerprint density at radius 2 is 1.11 bits per heavy atom. The number of rotatable bonds is 13. The second-order valence-electron chi connectivity index (χ2n) is 9.10. The Bertz CT molecular complexity index is 1050. The van der Waals surface area contributed by atoms with Crippen molar-refractivity contribution in [1.29, 1.82) is 0 Å². The Kier molecular flexibility index (Phi) is 9.54. The van der Waals surface area contributed by atoms with Crippen molar-refractivity contribution in [3.05, 3.63) is 131 Å². The van der Waals surface area contributed by atoms with Crippen molar-refractivity contribution in [2.24, 2.45) is 0 Å². The van der Waals surface area contributed by atoms with E-state index in [9.17, 15) is 5.11 Å². The molecule has 0 aliphatic carbocycles. The van der Waals surface area contributed by atoms with Crippen molar-refractivity contribution in [2.75, 3.05) is 13.1 Å². The Labute approximate surface area is 214 Å². The molecule has 1 unspecified atom stereocenters. The molecule has 4 rings (SSSR count). The molecule has 4 aromatic carbocycles. The predicted molar refractivity (Wildman–Crippen MR) is 145 cm³/mol. The van der Waals surface area contributed by atoms with Gasteiger partial charge in [0.05, 0.1) is 6.10 Å². The highest BCUT2D eigenvalue weighted by atomic mass is 16.5. The molecule has 0 fully saturated rings. The quantitative estimate of drug-likeness (QED) is 0.210. The molecule has 0 aliphatic heterocycles. The van der Waals surface area contributed by atoms with Gasteiger partial charge >= 0.3 is 0 Å². The number of benzene rings is 4. The molecule has 0 radical (unpaired) electrons. The van der Waals surface area contributed by atoms with E-state index in [1.54, 1.807) is 0 Å². The van der Waals surface area contributed by atoms with Gasteiger partial charge < -0.3 is 19.9 Å². The summed E-state index contributed by atoms with van der Waals surface area (Å²) in [6.07, 6.45) is 0.438. The van der Waals surface area contributed by atoms with Crippen molar-refractivity contribution < 1.29 is 14.6 Å². The second kappa shape index (κ2) is 13.5. The molecule has 0 spiro atoms. The SMILES string of the molecule is C[C@H](CCNCC(O)c1ccc(OCc2ccccc2)cc1)c1ccc(OCc2ccccc2)cc1. The molecule has 0 amide bonds. The van der Waals surface area contributed by atoms with Crippen molar-refractivity contribution in [2.45, 2.75) is 38.6 Å². The summed E-state index contributed by atoms with van der Waals surface area (Å²) < 4.78 is 11.7. The first-order valence-corrected chi connectivity index (χ1v) is 12.6. The fraction of sp³-hybridized carbons (Fsp3) is 0.250. The minimum absolute atomic E-state index is 0.416. The standard InChI is InChI=1S/C32H35NO3/c1-25(28-12-16-30(17-13-28)35-23-26-8-4-2-5-9-26)20-21-33-22-32(34)29-14-18-31(19-15-29)36-24-27-10-6-3-7-11-27/h2-19,25,32-34H,20-24H2,1H3/t25-,32?/m1/s1. The van der Waals surface area contributed by atoms with Crippen molar-refractivity contribution in [3.8, 4) is 11.5 Å². The molecule has 0 saturated carbocycles. The van der Waals surface area contributed by atoms with E-state index in [1.807, 2.05) is 84.9 Å². The Hall–Kier alpha value is -3.60. The molecule has 2 N–H and O–H groups in total. The van der Waals surface area contributed by atoms with E-state index in [0.717, 1.165) is 41.2 Å². The molecule has 36 heavy (non-hydrogen) atoms. The van der Waals surface area contributed by atoms with E-state index in [-0.39, 0.29) is 0 Å². The van der Waals surface area contributed by atoms with Crippen molar-refractivity contribution >= 4 is 0 Å². The van der Waals surface area contributed by atoms with Crippen LogP contribution in [0.15, 0.2) is 109 Å². The molecule has 0 bridgehead atoms. The lowest BCUT2D eigenvalue weighted by atomic mass is 9.98. The van der Waals surface area contributed by atoms with Gasteiger partial charge in [-0.15, -0.1) is 0 Å². The average molecular weight is 482 g/mol. The first kappa shape index (κ1) is 25.5. The molecular weight excluding hydrogens is 446 g/mol. The molecule has 186 valence electrons. The maximum absolute atomic E-state index is 10.5. The van der Waals surface area contributed by atoms with Crippen molar-refractivity contribution in [3.63, 3.8) is 0 Å². The lowest BCUT2D eigenvalue weighted by molar-refractivity contribution is 0.174. The third kappa shape index (κ3) is 7.98. The van der Waals surface area contributed by atoms with Gasteiger partial charge in [-0.25, -0.2) is 0 Å². The summed E-state index contributed by atoms with van der Waals surface area (Å²) in [6, 6.07) is 36.3.